The molecule has 0 amide bonds. The van der Waals surface area contributed by atoms with Gasteiger partial charge in [-0.05, 0) is 54.4 Å². The van der Waals surface area contributed by atoms with E-state index in [1.165, 1.54) is 0 Å². The van der Waals surface area contributed by atoms with Crippen molar-refractivity contribution in [1.29, 1.82) is 0 Å². The summed E-state index contributed by atoms with van der Waals surface area (Å²) in [5.41, 5.74) is 5.64. The van der Waals surface area contributed by atoms with E-state index in [1.807, 2.05) is 48.5 Å². The van der Waals surface area contributed by atoms with E-state index in [0.29, 0.717) is 48.7 Å². The lowest BCUT2D eigenvalue weighted by atomic mass is 9.90. The number of fused-ring (bicyclic) bond motifs is 1. The molecule has 1 heterocycles. The summed E-state index contributed by atoms with van der Waals surface area (Å²) in [5, 5.41) is 1.15. The highest BCUT2D eigenvalue weighted by Crippen LogP contribution is 2.53. The fraction of sp³-hybridized carbons (Fsp3) is 0.294. The van der Waals surface area contributed by atoms with Crippen LogP contribution in [0.25, 0.3) is 33.4 Å². The third kappa shape index (κ3) is 5.41. The third-order valence-electron chi connectivity index (χ3n) is 7.65. The SMILES string of the molecule is COc1cc(OC)cc(-c2cc(-c3cc(OC)cc(OC)c3)c(OC)c(-c3cccc4c3P[C@@H](C)[C@@H](C)O4)c2OC)c1. The summed E-state index contributed by atoms with van der Waals surface area (Å²) >= 11 is 0. The maximum absolute atomic E-state index is 6.36. The summed E-state index contributed by atoms with van der Waals surface area (Å²) in [4.78, 5) is 0. The molecule has 0 radical (unpaired) electrons. The van der Waals surface area contributed by atoms with Crippen molar-refractivity contribution in [3.63, 3.8) is 0 Å². The Balaban J connectivity index is 1.91. The molecule has 0 aromatic heterocycles. The molecule has 0 fully saturated rings. The van der Waals surface area contributed by atoms with Crippen molar-refractivity contribution in [2.24, 2.45) is 0 Å². The largest absolute Gasteiger partial charge is 0.497 e. The minimum atomic E-state index is 0.130. The summed E-state index contributed by atoms with van der Waals surface area (Å²) in [5.74, 6) is 4.91. The average molecular weight is 589 g/mol. The molecule has 1 aliphatic heterocycles. The van der Waals surface area contributed by atoms with Crippen LogP contribution in [0.4, 0.5) is 0 Å². The number of ether oxygens (including phenoxy) is 7. The second kappa shape index (κ2) is 12.4. The molecule has 0 aliphatic carbocycles. The Bertz CT molecular complexity index is 1470. The molecule has 1 aliphatic rings. The quantitative estimate of drug-likeness (QED) is 0.192. The van der Waals surface area contributed by atoms with Gasteiger partial charge >= 0.3 is 0 Å². The Labute approximate surface area is 249 Å². The smallest absolute Gasteiger partial charge is 0.138 e. The lowest BCUT2D eigenvalue weighted by molar-refractivity contribution is 0.220. The Kier molecular flexibility index (Phi) is 8.69. The van der Waals surface area contributed by atoms with Crippen LogP contribution in [0.1, 0.15) is 13.8 Å². The second-order valence-corrected chi connectivity index (χ2v) is 11.7. The van der Waals surface area contributed by atoms with Crippen LogP contribution in [-0.2, 0) is 0 Å². The summed E-state index contributed by atoms with van der Waals surface area (Å²) in [6.07, 6.45) is 0.130. The molecule has 0 saturated carbocycles. The van der Waals surface area contributed by atoms with Crippen molar-refractivity contribution in [2.45, 2.75) is 25.6 Å². The first-order valence-corrected chi connectivity index (χ1v) is 14.8. The van der Waals surface area contributed by atoms with Gasteiger partial charge in [0.05, 0.1) is 48.2 Å². The van der Waals surface area contributed by atoms with Crippen LogP contribution in [0, 0.1) is 0 Å². The minimum Gasteiger partial charge on any atom is -0.497 e. The Morgan fingerprint density at radius 3 is 1.48 bits per heavy atom. The van der Waals surface area contributed by atoms with Crippen LogP contribution in [0.15, 0.2) is 60.7 Å². The maximum Gasteiger partial charge on any atom is 0.138 e. The fourth-order valence-electron chi connectivity index (χ4n) is 5.31. The van der Waals surface area contributed by atoms with Gasteiger partial charge in [0.2, 0.25) is 0 Å². The Morgan fingerprint density at radius 2 is 1.05 bits per heavy atom. The van der Waals surface area contributed by atoms with Crippen LogP contribution >= 0.6 is 8.58 Å². The first-order chi connectivity index (χ1) is 20.3. The van der Waals surface area contributed by atoms with Crippen LogP contribution in [0.3, 0.4) is 0 Å². The monoisotopic (exact) mass is 588 g/mol. The molecule has 220 valence electrons. The lowest BCUT2D eigenvalue weighted by Gasteiger charge is -2.31. The van der Waals surface area contributed by atoms with Crippen LogP contribution < -0.4 is 38.5 Å². The van der Waals surface area contributed by atoms with Crippen LogP contribution in [-0.4, -0.2) is 54.4 Å². The van der Waals surface area contributed by atoms with Crippen molar-refractivity contribution < 1.29 is 33.2 Å². The number of benzene rings is 4. The molecule has 8 heteroatoms. The van der Waals surface area contributed by atoms with Crippen molar-refractivity contribution >= 4 is 13.9 Å². The Morgan fingerprint density at radius 1 is 0.571 bits per heavy atom. The normalized spacial score (nSPS) is 16.3. The number of hydrogen-bond donors (Lipinski definition) is 0. The molecule has 42 heavy (non-hydrogen) atoms. The molecule has 1 unspecified atom stereocenters. The highest BCUT2D eigenvalue weighted by Gasteiger charge is 2.30. The summed E-state index contributed by atoms with van der Waals surface area (Å²) < 4.78 is 41.4. The summed E-state index contributed by atoms with van der Waals surface area (Å²) in [6.45, 7) is 4.35. The van der Waals surface area contributed by atoms with Gasteiger partial charge in [-0.15, -0.1) is 0 Å². The van der Waals surface area contributed by atoms with Crippen LogP contribution in [0.2, 0.25) is 0 Å². The average Bonchev–Trinajstić information content (AvgIpc) is 3.03. The van der Waals surface area contributed by atoms with Crippen LogP contribution in [0.5, 0.6) is 40.2 Å². The molecule has 5 rings (SSSR count). The zero-order valence-corrected chi connectivity index (χ0v) is 26.3. The molecular formula is C34H37O7P. The van der Waals surface area contributed by atoms with Crippen molar-refractivity contribution in [3.05, 3.63) is 60.7 Å². The van der Waals surface area contributed by atoms with Gasteiger partial charge in [0.25, 0.3) is 0 Å². The van der Waals surface area contributed by atoms with Gasteiger partial charge in [-0.2, -0.15) is 0 Å². The molecule has 4 aromatic carbocycles. The first-order valence-electron chi connectivity index (χ1n) is 13.7. The highest BCUT2D eigenvalue weighted by molar-refractivity contribution is 7.48. The van der Waals surface area contributed by atoms with Gasteiger partial charge in [-0.3, -0.25) is 0 Å². The summed E-state index contributed by atoms with van der Waals surface area (Å²) in [7, 11) is 10.5. The van der Waals surface area contributed by atoms with Crippen molar-refractivity contribution in [1.82, 2.24) is 0 Å². The van der Waals surface area contributed by atoms with E-state index >= 15 is 0 Å². The van der Waals surface area contributed by atoms with Gasteiger partial charge in [-0.1, -0.05) is 27.6 Å². The predicted molar refractivity (Wildman–Crippen MR) is 170 cm³/mol. The van der Waals surface area contributed by atoms with E-state index < -0.39 is 0 Å². The molecule has 0 N–H and O–H groups in total. The first kappa shape index (κ1) is 29.4. The maximum atomic E-state index is 6.36. The van der Waals surface area contributed by atoms with Crippen molar-refractivity contribution in [2.75, 3.05) is 42.7 Å². The molecular weight excluding hydrogens is 551 g/mol. The molecule has 7 nitrogen and oxygen atoms in total. The van der Waals surface area contributed by atoms with Gasteiger partial charge in [0.15, 0.2) is 0 Å². The second-order valence-electron chi connectivity index (χ2n) is 10.1. The van der Waals surface area contributed by atoms with Gasteiger partial charge in [-0.25, -0.2) is 0 Å². The molecule has 0 saturated heterocycles. The molecule has 0 spiro atoms. The highest BCUT2D eigenvalue weighted by atomic mass is 31.1. The van der Waals surface area contributed by atoms with Gasteiger partial charge in [0, 0.05) is 39.8 Å². The van der Waals surface area contributed by atoms with E-state index in [9.17, 15) is 0 Å². The number of methoxy groups -OCH3 is 6. The van der Waals surface area contributed by atoms with Gasteiger partial charge in [0.1, 0.15) is 46.4 Å². The van der Waals surface area contributed by atoms with E-state index in [4.69, 9.17) is 33.2 Å². The van der Waals surface area contributed by atoms with E-state index in [2.05, 4.69) is 26.0 Å². The predicted octanol–water partition coefficient (Wildman–Crippen LogP) is 7.21. The zero-order valence-electron chi connectivity index (χ0n) is 25.3. The number of rotatable bonds is 9. The summed E-state index contributed by atoms with van der Waals surface area (Å²) in [6, 6.07) is 19.8. The third-order valence-corrected chi connectivity index (χ3v) is 9.38. The molecule has 3 atom stereocenters. The topological polar surface area (TPSA) is 64.6 Å². The standard InChI is InChI=1S/C34H37O7P/c1-19-20(2)42-34-27(10-9-11-30(34)41-19)31-32(39-7)28(21-12-23(35-3)16-24(13-21)36-4)18-29(33(31)40-8)22-14-25(37-5)17-26(15-22)38-6/h9-20,42H,1-8H3/t19-,20+/m1/s1. The fourth-order valence-corrected chi connectivity index (χ4v) is 6.71. The molecule has 0 bridgehead atoms. The van der Waals surface area contributed by atoms with Crippen molar-refractivity contribution in [3.8, 4) is 73.6 Å². The van der Waals surface area contributed by atoms with E-state index in [-0.39, 0.29) is 6.10 Å². The minimum absolute atomic E-state index is 0.130. The van der Waals surface area contributed by atoms with Gasteiger partial charge < -0.3 is 33.2 Å². The lowest BCUT2D eigenvalue weighted by Crippen LogP contribution is -2.31. The van der Waals surface area contributed by atoms with E-state index in [0.717, 1.165) is 44.4 Å². The van der Waals surface area contributed by atoms with E-state index in [1.54, 1.807) is 42.7 Å². The zero-order chi connectivity index (χ0) is 30.0. The number of hydrogen-bond acceptors (Lipinski definition) is 7. The Hall–Kier alpha value is -4.09. The molecule has 4 aromatic rings.